The van der Waals surface area contributed by atoms with E-state index in [0.29, 0.717) is 0 Å². The molecule has 0 nitrogen and oxygen atoms in total. The maximum atomic E-state index is 13.4. The fraction of sp³-hybridized carbons (Fsp3) is 1.00. The summed E-state index contributed by atoms with van der Waals surface area (Å²) in [4.78, 5) is 0. The van der Waals surface area contributed by atoms with Crippen molar-refractivity contribution in [2.75, 3.05) is 0 Å². The van der Waals surface area contributed by atoms with Gasteiger partial charge in [-0.25, -0.2) is 13.2 Å². The van der Waals surface area contributed by atoms with Gasteiger partial charge in [-0.3, -0.25) is 0 Å². The number of hydrogen-bond donors (Lipinski definition) is 0. The molecule has 2 aliphatic rings. The number of alkyl halides is 12. The van der Waals surface area contributed by atoms with Gasteiger partial charge in [-0.1, -0.05) is 15.9 Å². The summed E-state index contributed by atoms with van der Waals surface area (Å²) in [6.45, 7) is 0. The maximum Gasteiger partial charge on any atom is 0.357 e. The Labute approximate surface area is 105 Å². The lowest BCUT2D eigenvalue weighted by molar-refractivity contribution is -0.376. The molecular formula is C7BrF11. The van der Waals surface area contributed by atoms with E-state index in [2.05, 4.69) is 0 Å². The molecule has 2 fully saturated rings. The van der Waals surface area contributed by atoms with Crippen LogP contribution >= 0.6 is 15.9 Å². The Hall–Kier alpha value is -0.290. The van der Waals surface area contributed by atoms with Crippen molar-refractivity contribution in [3.8, 4) is 0 Å². The van der Waals surface area contributed by atoms with Crippen molar-refractivity contribution in [1.82, 2.24) is 0 Å². The summed E-state index contributed by atoms with van der Waals surface area (Å²) in [5.41, 5.74) is -6.72. The Kier molecular flexibility index (Phi) is 2.26. The van der Waals surface area contributed by atoms with Gasteiger partial charge in [0.05, 0.1) is 0 Å². The second-order valence-corrected chi connectivity index (χ2v) is 5.38. The van der Waals surface area contributed by atoms with Crippen LogP contribution in [-0.2, 0) is 0 Å². The predicted octanol–water partition coefficient (Wildman–Crippen LogP) is 4.03. The average Bonchev–Trinajstić information content (AvgIpc) is 2.32. The van der Waals surface area contributed by atoms with Crippen molar-refractivity contribution >= 4 is 15.9 Å². The van der Waals surface area contributed by atoms with E-state index in [1.165, 1.54) is 0 Å². The fourth-order valence-corrected chi connectivity index (χ4v) is 3.06. The minimum atomic E-state index is -6.72. The molecule has 0 N–H and O–H groups in total. The van der Waals surface area contributed by atoms with Crippen LogP contribution in [0.2, 0.25) is 0 Å². The second-order valence-electron chi connectivity index (χ2n) is 4.19. The first-order valence-corrected chi connectivity index (χ1v) is 5.06. The molecule has 0 aromatic carbocycles. The first kappa shape index (κ1) is 15.1. The maximum absolute atomic E-state index is 13.4. The molecule has 0 spiro atoms. The van der Waals surface area contributed by atoms with Crippen LogP contribution in [0, 0.1) is 0 Å². The highest BCUT2D eigenvalue weighted by molar-refractivity contribution is 9.10. The number of hydrogen-bond acceptors (Lipinski definition) is 0. The van der Waals surface area contributed by atoms with Crippen molar-refractivity contribution < 1.29 is 48.3 Å². The molecule has 0 unspecified atom stereocenters. The van der Waals surface area contributed by atoms with Gasteiger partial charge in [-0.15, -0.1) is 0 Å². The first-order chi connectivity index (χ1) is 8.00. The van der Waals surface area contributed by atoms with Gasteiger partial charge in [-0.05, 0) is 0 Å². The standard InChI is InChI=1S/C7BrF11/c8-1-3(10,11)2(9,6(16,17)4(1,12)13)7(18,19)5(1,14)15. The Morgan fingerprint density at radius 1 is 0.421 bits per heavy atom. The minimum absolute atomic E-state index is 0.888. The largest absolute Gasteiger partial charge is 0.357 e. The fourth-order valence-electron chi connectivity index (χ4n) is 2.29. The van der Waals surface area contributed by atoms with Gasteiger partial charge in [0.25, 0.3) is 0 Å². The van der Waals surface area contributed by atoms with E-state index in [1.54, 1.807) is 0 Å². The van der Waals surface area contributed by atoms with Crippen LogP contribution in [0.1, 0.15) is 0 Å². The van der Waals surface area contributed by atoms with Crippen molar-refractivity contribution in [2.45, 2.75) is 39.6 Å². The zero-order valence-corrected chi connectivity index (χ0v) is 9.62. The van der Waals surface area contributed by atoms with E-state index in [1.807, 2.05) is 0 Å². The third kappa shape index (κ3) is 0.850. The van der Waals surface area contributed by atoms with Crippen LogP contribution in [0.25, 0.3) is 0 Å². The molecule has 0 heterocycles. The zero-order chi connectivity index (χ0) is 15.5. The summed E-state index contributed by atoms with van der Waals surface area (Å²) in [7, 11) is 0. The Morgan fingerprint density at radius 2 is 0.684 bits per heavy atom. The van der Waals surface area contributed by atoms with Gasteiger partial charge >= 0.3 is 35.3 Å². The van der Waals surface area contributed by atoms with E-state index >= 15 is 0 Å². The van der Waals surface area contributed by atoms with Crippen LogP contribution in [0.4, 0.5) is 48.3 Å². The normalized spacial score (nSPS) is 47.4. The van der Waals surface area contributed by atoms with Gasteiger partial charge in [0.1, 0.15) is 0 Å². The Morgan fingerprint density at radius 3 is 0.842 bits per heavy atom. The SMILES string of the molecule is FC1(F)C(F)(F)C2(Br)C(F)(F)C(F)(F)C1(F)C2(F)F. The summed E-state index contributed by atoms with van der Waals surface area (Å²) in [5.74, 6) is -32.7. The molecule has 2 rings (SSSR count). The summed E-state index contributed by atoms with van der Waals surface area (Å²) in [6, 6.07) is 0. The van der Waals surface area contributed by atoms with Gasteiger partial charge in [0.15, 0.2) is 0 Å². The predicted molar refractivity (Wildman–Crippen MR) is 40.2 cm³/mol. The highest BCUT2D eigenvalue weighted by Crippen LogP contribution is 2.84. The molecule has 0 saturated heterocycles. The molecule has 0 radical (unpaired) electrons. The molecule has 0 atom stereocenters. The summed E-state index contributed by atoms with van der Waals surface area (Å²) in [5, 5.41) is 0. The molecule has 12 heteroatoms. The van der Waals surface area contributed by atoms with E-state index in [-0.39, 0.29) is 0 Å². The van der Waals surface area contributed by atoms with E-state index in [4.69, 9.17) is 0 Å². The van der Waals surface area contributed by atoms with Crippen LogP contribution in [0.5, 0.6) is 0 Å². The molecule has 2 aliphatic carbocycles. The quantitative estimate of drug-likeness (QED) is 0.445. The zero-order valence-electron chi connectivity index (χ0n) is 8.04. The van der Waals surface area contributed by atoms with Gasteiger partial charge in [-0.2, -0.15) is 35.1 Å². The molecular weight excluding hydrogens is 373 g/mol. The third-order valence-electron chi connectivity index (χ3n) is 3.38. The second kappa shape index (κ2) is 2.84. The van der Waals surface area contributed by atoms with Gasteiger partial charge in [0.2, 0.25) is 4.32 Å². The summed E-state index contributed by atoms with van der Waals surface area (Å²) >= 11 is 0.888. The Balaban J connectivity index is 2.99. The van der Waals surface area contributed by atoms with Crippen molar-refractivity contribution in [2.24, 2.45) is 0 Å². The van der Waals surface area contributed by atoms with Crippen LogP contribution in [-0.4, -0.2) is 39.6 Å². The molecule has 0 aromatic heterocycles. The number of halogens is 12. The molecule has 2 saturated carbocycles. The monoisotopic (exact) mass is 372 g/mol. The lowest BCUT2D eigenvalue weighted by Gasteiger charge is -2.43. The molecule has 0 aromatic rings. The van der Waals surface area contributed by atoms with Crippen LogP contribution in [0.3, 0.4) is 0 Å². The molecule has 19 heavy (non-hydrogen) atoms. The smallest absolute Gasteiger partial charge is 0.223 e. The summed E-state index contributed by atoms with van der Waals surface area (Å²) in [6.07, 6.45) is 0. The first-order valence-electron chi connectivity index (χ1n) is 4.27. The van der Waals surface area contributed by atoms with Gasteiger partial charge < -0.3 is 0 Å². The van der Waals surface area contributed by atoms with Crippen LogP contribution < -0.4 is 0 Å². The van der Waals surface area contributed by atoms with Crippen molar-refractivity contribution in [1.29, 1.82) is 0 Å². The highest BCUT2D eigenvalue weighted by atomic mass is 79.9. The molecule has 112 valence electrons. The average molecular weight is 373 g/mol. The van der Waals surface area contributed by atoms with E-state index in [0.717, 1.165) is 15.9 Å². The van der Waals surface area contributed by atoms with Crippen molar-refractivity contribution in [3.63, 3.8) is 0 Å². The lowest BCUT2D eigenvalue weighted by atomic mass is 9.84. The third-order valence-corrected chi connectivity index (χ3v) is 4.88. The molecule has 2 bridgehead atoms. The minimum Gasteiger partial charge on any atom is -0.223 e. The Bertz CT molecular complexity index is 384. The molecule has 0 aliphatic heterocycles. The highest BCUT2D eigenvalue weighted by Gasteiger charge is 3.15. The van der Waals surface area contributed by atoms with E-state index < -0.39 is 39.6 Å². The van der Waals surface area contributed by atoms with Crippen molar-refractivity contribution in [3.05, 3.63) is 0 Å². The lowest BCUT2D eigenvalue weighted by Crippen LogP contribution is -2.73. The van der Waals surface area contributed by atoms with E-state index in [9.17, 15) is 48.3 Å². The van der Waals surface area contributed by atoms with Crippen LogP contribution in [0.15, 0.2) is 0 Å². The topological polar surface area (TPSA) is 0 Å². The number of fused-ring (bicyclic) bond motifs is 2. The van der Waals surface area contributed by atoms with Gasteiger partial charge in [0, 0.05) is 0 Å². The molecule has 0 amide bonds. The number of rotatable bonds is 0. The summed E-state index contributed by atoms with van der Waals surface area (Å²) < 4.78 is 138.